The van der Waals surface area contributed by atoms with E-state index in [1.165, 1.54) is 11.3 Å². The van der Waals surface area contributed by atoms with Gasteiger partial charge in [0.1, 0.15) is 4.88 Å². The minimum absolute atomic E-state index is 0.441. The second-order valence-corrected chi connectivity index (χ2v) is 7.42. The summed E-state index contributed by atoms with van der Waals surface area (Å²) in [5.41, 5.74) is 7.57. The maximum atomic E-state index is 11.7. The molecule has 1 aliphatic heterocycles. The molecule has 152 valence electrons. The molecule has 1 aromatic carbocycles. The number of hydrogen-bond acceptors (Lipinski definition) is 7. The summed E-state index contributed by atoms with van der Waals surface area (Å²) in [5.74, 6) is -0.786. The lowest BCUT2D eigenvalue weighted by molar-refractivity contribution is -0.134. The first-order valence-electron chi connectivity index (χ1n) is 8.60. The molecule has 0 unspecified atom stereocenters. The Bertz CT molecular complexity index is 833. The molecule has 2 heterocycles. The number of halogens is 1. The third-order valence-corrected chi connectivity index (χ3v) is 5.49. The Morgan fingerprint density at radius 3 is 2.64 bits per heavy atom. The van der Waals surface area contributed by atoms with E-state index in [1.54, 1.807) is 0 Å². The van der Waals surface area contributed by atoms with Crippen molar-refractivity contribution in [2.24, 2.45) is 5.73 Å². The Hall–Kier alpha value is -2.36. The highest BCUT2D eigenvalue weighted by atomic mass is 35.5. The fourth-order valence-electron chi connectivity index (χ4n) is 2.51. The second-order valence-electron chi connectivity index (χ2n) is 6.03. The molecule has 0 atom stereocenters. The number of amides is 1. The number of carbonyl (C=O) groups excluding carboxylic acids is 1. The highest BCUT2D eigenvalue weighted by molar-refractivity contribution is 7.18. The fraction of sp³-hybridized carbons (Fsp3) is 0.389. The zero-order chi connectivity index (χ0) is 20.7. The van der Waals surface area contributed by atoms with Crippen LogP contribution in [-0.2, 0) is 16.1 Å². The molecule has 3 rings (SSSR count). The predicted octanol–water partition coefficient (Wildman–Crippen LogP) is 2.74. The van der Waals surface area contributed by atoms with E-state index in [2.05, 4.69) is 15.2 Å². The minimum atomic E-state index is -0.833. The van der Waals surface area contributed by atoms with Gasteiger partial charge in [0.2, 0.25) is 0 Å². The van der Waals surface area contributed by atoms with Crippen LogP contribution >= 0.6 is 22.9 Å². The van der Waals surface area contributed by atoms with Crippen LogP contribution in [0.1, 0.15) is 27.7 Å². The summed E-state index contributed by atoms with van der Waals surface area (Å²) in [4.78, 5) is 27.9. The summed E-state index contributed by atoms with van der Waals surface area (Å²) < 4.78 is 5.35. The van der Waals surface area contributed by atoms with Gasteiger partial charge in [-0.05, 0) is 24.1 Å². The van der Waals surface area contributed by atoms with Crippen molar-refractivity contribution in [1.82, 2.24) is 4.98 Å². The number of anilines is 2. The third kappa shape index (κ3) is 6.08. The molecule has 0 aliphatic carbocycles. The van der Waals surface area contributed by atoms with Gasteiger partial charge in [0.25, 0.3) is 11.9 Å². The van der Waals surface area contributed by atoms with Gasteiger partial charge in [0.05, 0.1) is 13.2 Å². The number of carbonyl (C=O) groups is 2. The smallest absolute Gasteiger partial charge is 0.300 e. The number of aromatic nitrogens is 1. The van der Waals surface area contributed by atoms with Crippen LogP contribution in [0.3, 0.4) is 0 Å². The van der Waals surface area contributed by atoms with Gasteiger partial charge in [-0.3, -0.25) is 9.59 Å². The number of carboxylic acid groups (broad SMARTS) is 1. The van der Waals surface area contributed by atoms with Crippen molar-refractivity contribution < 1.29 is 19.4 Å². The van der Waals surface area contributed by atoms with Crippen molar-refractivity contribution in [3.8, 4) is 0 Å². The number of morpholine rings is 1. The molecule has 0 radical (unpaired) electrons. The summed E-state index contributed by atoms with van der Waals surface area (Å²) in [6.45, 7) is 6.43. The van der Waals surface area contributed by atoms with E-state index in [0.717, 1.165) is 41.3 Å². The van der Waals surface area contributed by atoms with E-state index in [9.17, 15) is 4.79 Å². The molecule has 1 amide bonds. The Balaban J connectivity index is 0.000000640. The molecule has 8 nitrogen and oxygen atoms in total. The van der Waals surface area contributed by atoms with E-state index in [1.807, 2.05) is 25.1 Å². The van der Waals surface area contributed by atoms with Crippen LogP contribution in [0.25, 0.3) is 0 Å². The number of hydrogen-bond donors (Lipinski definition) is 3. The molecule has 1 aliphatic rings. The van der Waals surface area contributed by atoms with E-state index in [-0.39, 0.29) is 0 Å². The monoisotopic (exact) mass is 426 g/mol. The van der Waals surface area contributed by atoms with Crippen LogP contribution in [0.15, 0.2) is 18.2 Å². The quantitative estimate of drug-likeness (QED) is 0.672. The SMILES string of the molecule is CC(=O)O.Cc1c(Cl)cccc1CNc1nc(N2CCOCC2)sc1C(N)=O. The molecule has 2 aromatic rings. The maximum absolute atomic E-state index is 11.7. The topological polar surface area (TPSA) is 118 Å². The van der Waals surface area contributed by atoms with Gasteiger partial charge >= 0.3 is 0 Å². The van der Waals surface area contributed by atoms with Crippen molar-refractivity contribution in [1.29, 1.82) is 0 Å². The van der Waals surface area contributed by atoms with E-state index in [0.29, 0.717) is 30.5 Å². The number of thiazole rings is 1. The summed E-state index contributed by atoms with van der Waals surface area (Å²) in [6.07, 6.45) is 0. The fourth-order valence-corrected chi connectivity index (χ4v) is 3.65. The van der Waals surface area contributed by atoms with Gasteiger partial charge in [0.15, 0.2) is 10.9 Å². The summed E-state index contributed by atoms with van der Waals surface area (Å²) in [6, 6.07) is 5.75. The Labute approximate surface area is 172 Å². The number of nitrogens with two attached hydrogens (primary N) is 1. The number of carboxylic acids is 1. The van der Waals surface area contributed by atoms with E-state index >= 15 is 0 Å². The van der Waals surface area contributed by atoms with Crippen LogP contribution in [-0.4, -0.2) is 48.3 Å². The van der Waals surface area contributed by atoms with Gasteiger partial charge in [-0.2, -0.15) is 0 Å². The number of nitrogens with zero attached hydrogens (tertiary/aromatic N) is 2. The van der Waals surface area contributed by atoms with E-state index < -0.39 is 11.9 Å². The molecule has 1 aromatic heterocycles. The van der Waals surface area contributed by atoms with Gasteiger partial charge in [-0.15, -0.1) is 0 Å². The lowest BCUT2D eigenvalue weighted by atomic mass is 10.1. The number of nitrogens with one attached hydrogen (secondary N) is 1. The molecule has 1 saturated heterocycles. The van der Waals surface area contributed by atoms with Crippen molar-refractivity contribution in [3.63, 3.8) is 0 Å². The number of ether oxygens (including phenoxy) is 1. The average Bonchev–Trinajstić information content (AvgIpc) is 3.08. The Kier molecular flexibility index (Phi) is 8.04. The van der Waals surface area contributed by atoms with Crippen molar-refractivity contribution in [3.05, 3.63) is 39.2 Å². The molecule has 10 heteroatoms. The van der Waals surface area contributed by atoms with Gasteiger partial charge < -0.3 is 25.8 Å². The molecular formula is C18H23ClN4O4S. The summed E-state index contributed by atoms with van der Waals surface area (Å²) in [7, 11) is 0. The van der Waals surface area contributed by atoms with Crippen LogP contribution < -0.4 is 16.0 Å². The maximum Gasteiger partial charge on any atom is 0.300 e. The zero-order valence-electron chi connectivity index (χ0n) is 15.7. The van der Waals surface area contributed by atoms with Gasteiger partial charge in [-0.1, -0.05) is 35.1 Å². The Morgan fingerprint density at radius 1 is 1.39 bits per heavy atom. The lowest BCUT2D eigenvalue weighted by Crippen LogP contribution is -2.36. The number of aliphatic carboxylic acids is 1. The van der Waals surface area contributed by atoms with Crippen LogP contribution in [0.5, 0.6) is 0 Å². The first kappa shape index (κ1) is 21.9. The van der Waals surface area contributed by atoms with Gasteiger partial charge in [-0.25, -0.2) is 4.98 Å². The largest absolute Gasteiger partial charge is 0.481 e. The van der Waals surface area contributed by atoms with Gasteiger partial charge in [0, 0.05) is 31.6 Å². The van der Waals surface area contributed by atoms with Crippen LogP contribution in [0.2, 0.25) is 5.02 Å². The molecule has 1 fully saturated rings. The van der Waals surface area contributed by atoms with E-state index in [4.69, 9.17) is 32.0 Å². The molecule has 0 bridgehead atoms. The first-order chi connectivity index (χ1) is 13.3. The normalized spacial score (nSPS) is 13.5. The number of benzene rings is 1. The first-order valence-corrected chi connectivity index (χ1v) is 9.79. The van der Waals surface area contributed by atoms with Crippen LogP contribution in [0.4, 0.5) is 10.9 Å². The second kappa shape index (κ2) is 10.3. The van der Waals surface area contributed by atoms with Crippen LogP contribution in [0, 0.1) is 6.92 Å². The minimum Gasteiger partial charge on any atom is -0.481 e. The molecular weight excluding hydrogens is 404 g/mol. The Morgan fingerprint density at radius 2 is 2.04 bits per heavy atom. The zero-order valence-corrected chi connectivity index (χ0v) is 17.3. The van der Waals surface area contributed by atoms with Crippen molar-refractivity contribution in [2.45, 2.75) is 20.4 Å². The third-order valence-electron chi connectivity index (χ3n) is 3.95. The molecule has 0 saturated carbocycles. The average molecular weight is 427 g/mol. The number of primary amides is 1. The molecule has 4 N–H and O–H groups in total. The summed E-state index contributed by atoms with van der Waals surface area (Å²) >= 11 is 7.46. The summed E-state index contributed by atoms with van der Waals surface area (Å²) in [5, 5.41) is 12.1. The molecule has 0 spiro atoms. The highest BCUT2D eigenvalue weighted by Gasteiger charge is 2.21. The lowest BCUT2D eigenvalue weighted by Gasteiger charge is -2.25. The van der Waals surface area contributed by atoms with Crippen molar-refractivity contribution in [2.75, 3.05) is 36.5 Å². The standard InChI is InChI=1S/C16H19ClN4O2S.C2H4O2/c1-10-11(3-2-4-12(10)17)9-19-15-13(14(18)22)24-16(20-15)21-5-7-23-8-6-21;1-2(3)4/h2-4,19H,5-9H2,1H3,(H2,18,22);1H3,(H,3,4). The van der Waals surface area contributed by atoms with Crippen molar-refractivity contribution >= 4 is 45.8 Å². The predicted molar refractivity (Wildman–Crippen MR) is 110 cm³/mol. The molecule has 28 heavy (non-hydrogen) atoms. The highest BCUT2D eigenvalue weighted by Crippen LogP contribution is 2.31. The number of rotatable bonds is 5.